The molecule has 10 rings (SSSR count). The molecular weight excluding hydrogens is 1400 g/mol. The standard InChI is InChI=1S/C24H26O7.C21H26O7.C20H24O7.C10H16.2C3H8.4C2H6/c1-2-22(25)30-15-19(31-24(28)21-10-6-5-9-20(21)23(26)27)14-29-18-12-11-16-7-3-4-8-17(16)13-18;1-3-19(22)27-13-15(12-26-18-11-7-4-8-14(18)2)28-21(25)17-10-6-5-9-16(17)20(23)24;1-2-18(21)26-13-15(12-25-14-8-4-3-5-9-14)27-20(24)17-11-7-6-10-16(17)19(22)23;1-2-9-7-4-5-8(6-7)10(9)3-1;2*1-3-2;4*1-2/h2-4,7-8,11-13,19-21H,1,5-6,9-10,14-15H2,(H,26,27);3-4,7-8,11,15-17H,1,5-6,9-10,12-13H2,2H3,(H,23,24);2-5,8-9,15-17H,1,6-7,10-13H2,(H,22,23);7-10H,1-6H2;2*3H2,1-2H3;4*1-2H3. The number of carbonyl (C=O) groups is 9. The van der Waals surface area contributed by atoms with Crippen molar-refractivity contribution in [3.05, 3.63) is 141 Å². The van der Waals surface area contributed by atoms with Crippen molar-refractivity contribution < 1.29 is 101 Å². The maximum absolute atomic E-state index is 12.7. The summed E-state index contributed by atoms with van der Waals surface area (Å²) >= 11 is 0. The fourth-order valence-electron chi connectivity index (χ4n) is 14.0. The lowest BCUT2D eigenvalue weighted by atomic mass is 9.79. The number of aryl methyl sites for hydroxylation is 1. The number of aliphatic carboxylic acids is 3. The van der Waals surface area contributed by atoms with Crippen LogP contribution in [0.15, 0.2) is 135 Å². The van der Waals surface area contributed by atoms with Crippen LogP contribution in [0.2, 0.25) is 0 Å². The lowest BCUT2D eigenvalue weighted by Gasteiger charge is -2.28. The molecule has 6 aliphatic rings. The van der Waals surface area contributed by atoms with Gasteiger partial charge in [-0.3, -0.25) is 28.8 Å². The predicted octanol–water partition coefficient (Wildman–Crippen LogP) is 19.0. The normalized spacial score (nSPS) is 21.2. The van der Waals surface area contributed by atoms with Gasteiger partial charge in [0.2, 0.25) is 0 Å². The number of fused-ring (bicyclic) bond motifs is 6. The Labute approximate surface area is 655 Å². The quantitative estimate of drug-likeness (QED) is 0.0284. The zero-order valence-electron chi connectivity index (χ0n) is 68.2. The number of esters is 6. The van der Waals surface area contributed by atoms with E-state index < -0.39 is 108 Å². The molecule has 0 aliphatic heterocycles. The molecule has 4 aromatic carbocycles. The van der Waals surface area contributed by atoms with Crippen molar-refractivity contribution in [1.82, 2.24) is 0 Å². The first-order chi connectivity index (χ1) is 53.2. The first-order valence-electron chi connectivity index (χ1n) is 40.3. The number of hydrogen-bond acceptors (Lipinski definition) is 18. The minimum absolute atomic E-state index is 0.0223. The van der Waals surface area contributed by atoms with Crippen molar-refractivity contribution in [1.29, 1.82) is 0 Å². The molecule has 2 bridgehead atoms. The van der Waals surface area contributed by atoms with Crippen molar-refractivity contribution in [2.75, 3.05) is 39.6 Å². The van der Waals surface area contributed by atoms with E-state index in [4.69, 9.17) is 42.6 Å². The van der Waals surface area contributed by atoms with Crippen LogP contribution >= 0.6 is 0 Å². The Bertz CT molecular complexity index is 3290. The molecule has 0 saturated heterocycles. The molecule has 6 fully saturated rings. The Morgan fingerprint density at radius 1 is 0.382 bits per heavy atom. The van der Waals surface area contributed by atoms with Crippen LogP contribution in [0.3, 0.4) is 0 Å². The number of carboxylic acids is 3. The van der Waals surface area contributed by atoms with Crippen LogP contribution in [-0.4, -0.2) is 127 Å². The summed E-state index contributed by atoms with van der Waals surface area (Å²) in [7, 11) is 0. The van der Waals surface area contributed by atoms with E-state index in [1.165, 1.54) is 36.5 Å². The van der Waals surface area contributed by atoms with E-state index in [0.29, 0.717) is 55.8 Å². The predicted molar refractivity (Wildman–Crippen MR) is 429 cm³/mol. The van der Waals surface area contributed by atoms with Gasteiger partial charge in [-0.2, -0.15) is 0 Å². The van der Waals surface area contributed by atoms with E-state index in [2.05, 4.69) is 47.4 Å². The van der Waals surface area contributed by atoms with Crippen LogP contribution in [0, 0.1) is 66.1 Å². The molecule has 13 unspecified atom stereocenters. The highest BCUT2D eigenvalue weighted by Crippen LogP contribution is 2.58. The summed E-state index contributed by atoms with van der Waals surface area (Å²) < 4.78 is 48.6. The van der Waals surface area contributed by atoms with Gasteiger partial charge in [0, 0.05) is 18.2 Å². The van der Waals surface area contributed by atoms with Crippen molar-refractivity contribution in [3.63, 3.8) is 0 Å². The Hall–Kier alpha value is -9.01. The highest BCUT2D eigenvalue weighted by atomic mass is 16.6. The van der Waals surface area contributed by atoms with Gasteiger partial charge in [-0.25, -0.2) is 14.4 Å². The van der Waals surface area contributed by atoms with Gasteiger partial charge in [-0.05, 0) is 148 Å². The van der Waals surface area contributed by atoms with Crippen LogP contribution in [0.5, 0.6) is 17.2 Å². The molecule has 13 atom stereocenters. The molecule has 3 N–H and O–H groups in total. The maximum atomic E-state index is 12.7. The topological polar surface area (TPSA) is 297 Å². The SMILES string of the molecule is C1CC2C3CCC(C3)C2C1.C=CC(=O)OCC(COc1ccc2ccccc2c1)OC(=O)C1CCCCC1C(=O)O.C=CC(=O)OCC(COc1ccccc1)OC(=O)C1CCCCC1C(=O)O.C=CC(=O)OCC(COc1ccccc1C)OC(=O)C1CCCCC1C(=O)O.CC.CC.CC.CC.CCC.CCC. The van der Waals surface area contributed by atoms with Crippen LogP contribution in [-0.2, 0) is 71.6 Å². The van der Waals surface area contributed by atoms with Gasteiger partial charge in [0.25, 0.3) is 0 Å². The van der Waals surface area contributed by atoms with Crippen LogP contribution in [0.1, 0.15) is 217 Å². The second kappa shape index (κ2) is 58.9. The molecule has 0 radical (unpaired) electrons. The van der Waals surface area contributed by atoms with E-state index in [9.17, 15) is 58.5 Å². The zero-order chi connectivity index (χ0) is 82.3. The van der Waals surface area contributed by atoms with Crippen LogP contribution < -0.4 is 14.2 Å². The molecule has 614 valence electrons. The van der Waals surface area contributed by atoms with E-state index in [1.807, 2.05) is 123 Å². The number of hydrogen-bond donors (Lipinski definition) is 3. The number of rotatable bonds is 27. The molecule has 0 heterocycles. The lowest BCUT2D eigenvalue weighted by Crippen LogP contribution is -2.38. The minimum atomic E-state index is -0.997. The lowest BCUT2D eigenvalue weighted by molar-refractivity contribution is -0.169. The molecule has 110 heavy (non-hydrogen) atoms. The third-order valence-corrected chi connectivity index (χ3v) is 18.9. The fourth-order valence-corrected chi connectivity index (χ4v) is 14.0. The summed E-state index contributed by atoms with van der Waals surface area (Å²) in [5, 5.41) is 30.2. The van der Waals surface area contributed by atoms with Gasteiger partial charge >= 0.3 is 53.7 Å². The Morgan fingerprint density at radius 2 is 0.709 bits per heavy atom. The van der Waals surface area contributed by atoms with Gasteiger partial charge in [0.05, 0.1) is 35.5 Å². The summed E-state index contributed by atoms with van der Waals surface area (Å²) in [6, 6.07) is 29.7. The molecule has 21 nitrogen and oxygen atoms in total. The summed E-state index contributed by atoms with van der Waals surface area (Å²) in [6.45, 7) is 35.7. The number of ether oxygens (including phenoxy) is 9. The van der Waals surface area contributed by atoms with Crippen LogP contribution in [0.25, 0.3) is 10.8 Å². The Balaban J connectivity index is 0.000000717. The number of benzene rings is 4. The van der Waals surface area contributed by atoms with Gasteiger partial charge in [0.1, 0.15) is 56.9 Å². The average Bonchev–Trinajstić information content (AvgIpc) is 1.62. The molecule has 6 saturated carbocycles. The van der Waals surface area contributed by atoms with E-state index >= 15 is 0 Å². The summed E-state index contributed by atoms with van der Waals surface area (Å²) in [4.78, 5) is 106. The highest BCUT2D eigenvalue weighted by Gasteiger charge is 2.49. The number of carbonyl (C=O) groups excluding carboxylic acids is 6. The van der Waals surface area contributed by atoms with E-state index in [0.717, 1.165) is 73.1 Å². The first-order valence-corrected chi connectivity index (χ1v) is 40.3. The molecule has 21 heteroatoms. The van der Waals surface area contributed by atoms with Crippen molar-refractivity contribution in [2.45, 2.75) is 237 Å². The summed E-state index contributed by atoms with van der Waals surface area (Å²) in [5.41, 5.74) is 0.911. The Morgan fingerprint density at radius 3 is 1.07 bits per heavy atom. The Kier molecular flexibility index (Phi) is 53.0. The molecular formula is C89H132O21. The van der Waals surface area contributed by atoms with Gasteiger partial charge in [-0.15, -0.1) is 0 Å². The van der Waals surface area contributed by atoms with Gasteiger partial charge in [0.15, 0.2) is 18.3 Å². The molecule has 6 aliphatic carbocycles. The molecule has 0 amide bonds. The molecule has 0 spiro atoms. The average molecular weight is 1540 g/mol. The largest absolute Gasteiger partial charge is 0.490 e. The van der Waals surface area contributed by atoms with E-state index in [-0.39, 0.29) is 39.6 Å². The van der Waals surface area contributed by atoms with Crippen LogP contribution in [0.4, 0.5) is 0 Å². The monoisotopic (exact) mass is 1540 g/mol. The van der Waals surface area contributed by atoms with E-state index in [1.54, 1.807) is 74.9 Å². The number of para-hydroxylation sites is 2. The summed E-state index contributed by atoms with van der Waals surface area (Å²) in [6.07, 6.45) is 19.9. The minimum Gasteiger partial charge on any atom is -0.490 e. The van der Waals surface area contributed by atoms with Gasteiger partial charge < -0.3 is 58.0 Å². The summed E-state index contributed by atoms with van der Waals surface area (Å²) in [5.74, 6) is -4.53. The van der Waals surface area contributed by atoms with Gasteiger partial charge in [-0.1, -0.05) is 227 Å². The second-order valence-corrected chi connectivity index (χ2v) is 26.7. The molecule has 4 aromatic rings. The third kappa shape index (κ3) is 36.2. The third-order valence-electron chi connectivity index (χ3n) is 18.9. The van der Waals surface area contributed by atoms with Crippen molar-refractivity contribution >= 4 is 64.5 Å². The zero-order valence-corrected chi connectivity index (χ0v) is 68.2. The second-order valence-electron chi connectivity index (χ2n) is 26.7. The maximum Gasteiger partial charge on any atom is 0.330 e. The first kappa shape index (κ1) is 99.0. The molecule has 0 aromatic heterocycles. The number of carboxylic acid groups (broad SMARTS) is 3. The fraction of sp³-hybridized carbons (Fsp3) is 0.584. The van der Waals surface area contributed by atoms with Crippen molar-refractivity contribution in [2.24, 2.45) is 59.2 Å². The van der Waals surface area contributed by atoms with Crippen molar-refractivity contribution in [3.8, 4) is 17.2 Å². The highest BCUT2D eigenvalue weighted by molar-refractivity contribution is 5.85. The smallest absolute Gasteiger partial charge is 0.330 e.